The molecule has 2 N–H and O–H groups in total. The quantitative estimate of drug-likeness (QED) is 0.355. The number of anilines is 1. The lowest BCUT2D eigenvalue weighted by Crippen LogP contribution is -2.30. The Kier molecular flexibility index (Phi) is 7.02. The second-order valence-electron chi connectivity index (χ2n) is 7.49. The van der Waals surface area contributed by atoms with Crippen molar-refractivity contribution >= 4 is 27.1 Å². The van der Waals surface area contributed by atoms with Gasteiger partial charge in [-0.3, -0.25) is 0 Å². The van der Waals surface area contributed by atoms with Crippen LogP contribution in [0.1, 0.15) is 49.5 Å². The van der Waals surface area contributed by atoms with E-state index < -0.39 is 33.7 Å². The van der Waals surface area contributed by atoms with Gasteiger partial charge in [-0.1, -0.05) is 0 Å². The van der Waals surface area contributed by atoms with Crippen molar-refractivity contribution in [1.82, 2.24) is 0 Å². The van der Waals surface area contributed by atoms with Gasteiger partial charge in [-0.05, 0) is 57.7 Å². The highest BCUT2D eigenvalue weighted by Gasteiger charge is 2.30. The van der Waals surface area contributed by atoms with E-state index >= 15 is 0 Å². The highest BCUT2D eigenvalue weighted by molar-refractivity contribution is 8.01. The molecule has 0 spiro atoms. The zero-order valence-electron chi connectivity index (χ0n) is 16.1. The highest BCUT2D eigenvalue weighted by Crippen LogP contribution is 2.29. The van der Waals surface area contributed by atoms with Crippen LogP contribution in [-0.4, -0.2) is 43.7 Å². The maximum absolute atomic E-state index is 11.8. The molecule has 0 aromatic heterocycles. The number of aromatic carboxylic acids is 1. The normalized spacial score (nSPS) is 14.5. The first-order chi connectivity index (χ1) is 13.0. The van der Waals surface area contributed by atoms with Crippen LogP contribution in [0.2, 0.25) is 0 Å². The van der Waals surface area contributed by atoms with E-state index in [0.717, 1.165) is 12.8 Å². The molecule has 10 heteroatoms. The van der Waals surface area contributed by atoms with Gasteiger partial charge in [0.1, 0.15) is 12.3 Å². The Morgan fingerprint density at radius 3 is 2.50 bits per heavy atom. The van der Waals surface area contributed by atoms with Crippen molar-refractivity contribution in [3.05, 3.63) is 29.3 Å². The standard InChI is InChI=1S/C18H25NO8S/c1-18(2,3)27-17(22)28(23,24)26-11-19-15-7-6-13(16(20)21)8-14(15)10-25-9-12-4-5-12/h6-8,12,19H,4-5,9-11H2,1-3H3,(H,20,21). The minimum atomic E-state index is -4.57. The van der Waals surface area contributed by atoms with E-state index in [1.807, 2.05) is 0 Å². The molecule has 0 bridgehead atoms. The predicted molar refractivity (Wildman–Crippen MR) is 101 cm³/mol. The van der Waals surface area contributed by atoms with E-state index in [0.29, 0.717) is 23.8 Å². The van der Waals surface area contributed by atoms with Crippen molar-refractivity contribution < 1.29 is 36.8 Å². The molecular weight excluding hydrogens is 390 g/mol. The van der Waals surface area contributed by atoms with E-state index in [9.17, 15) is 18.0 Å². The van der Waals surface area contributed by atoms with Crippen molar-refractivity contribution in [2.24, 2.45) is 5.92 Å². The maximum atomic E-state index is 11.8. The van der Waals surface area contributed by atoms with Crippen LogP contribution in [0.4, 0.5) is 10.5 Å². The Balaban J connectivity index is 1.99. The Bertz CT molecular complexity index is 824. The largest absolute Gasteiger partial charge is 0.478 e. The molecule has 0 saturated heterocycles. The van der Waals surface area contributed by atoms with Gasteiger partial charge >= 0.3 is 21.4 Å². The van der Waals surface area contributed by atoms with Crippen molar-refractivity contribution in [3.63, 3.8) is 0 Å². The molecule has 1 aromatic rings. The number of ether oxygens (including phenoxy) is 2. The number of nitrogens with one attached hydrogen (secondary N) is 1. The molecule has 1 aliphatic rings. The zero-order chi connectivity index (χ0) is 20.9. The summed E-state index contributed by atoms with van der Waals surface area (Å²) in [7, 11) is -4.57. The topological polar surface area (TPSA) is 128 Å². The molecule has 1 aromatic carbocycles. The average Bonchev–Trinajstić information content (AvgIpc) is 3.38. The predicted octanol–water partition coefficient (Wildman–Crippen LogP) is 2.96. The molecule has 156 valence electrons. The summed E-state index contributed by atoms with van der Waals surface area (Å²) in [5.41, 5.74) is 0.0940. The number of carbonyl (C=O) groups excluding carboxylic acids is 1. The summed E-state index contributed by atoms with van der Waals surface area (Å²) in [5.74, 6) is -0.542. The third kappa shape index (κ3) is 7.10. The molecule has 0 unspecified atom stereocenters. The third-order valence-electron chi connectivity index (χ3n) is 3.73. The number of benzene rings is 1. The summed E-state index contributed by atoms with van der Waals surface area (Å²) in [6, 6.07) is 4.31. The second kappa shape index (κ2) is 8.89. The molecular formula is C18H25NO8S. The van der Waals surface area contributed by atoms with Crippen molar-refractivity contribution in [2.75, 3.05) is 18.7 Å². The molecule has 28 heavy (non-hydrogen) atoms. The first kappa shape index (κ1) is 22.1. The number of carboxylic acids is 1. The Morgan fingerprint density at radius 2 is 1.93 bits per heavy atom. The average molecular weight is 415 g/mol. The highest BCUT2D eigenvalue weighted by atomic mass is 32.2. The van der Waals surface area contributed by atoms with Crippen LogP contribution < -0.4 is 5.32 Å². The van der Waals surface area contributed by atoms with Crippen LogP contribution in [0.15, 0.2) is 18.2 Å². The van der Waals surface area contributed by atoms with Crippen LogP contribution >= 0.6 is 0 Å². The van der Waals surface area contributed by atoms with Crippen LogP contribution in [0.25, 0.3) is 0 Å². The van der Waals surface area contributed by atoms with Gasteiger partial charge < -0.3 is 19.9 Å². The van der Waals surface area contributed by atoms with Gasteiger partial charge in [-0.15, -0.1) is 0 Å². The Hall–Kier alpha value is -2.17. The van der Waals surface area contributed by atoms with E-state index in [-0.39, 0.29) is 12.2 Å². The summed E-state index contributed by atoms with van der Waals surface area (Å²) >= 11 is 0. The van der Waals surface area contributed by atoms with E-state index in [1.165, 1.54) is 39.0 Å². The molecule has 0 radical (unpaired) electrons. The molecule has 0 heterocycles. The number of carboxylic acid groups (broad SMARTS) is 1. The van der Waals surface area contributed by atoms with Gasteiger partial charge in [0.05, 0.1) is 12.2 Å². The van der Waals surface area contributed by atoms with Crippen LogP contribution in [0.5, 0.6) is 0 Å². The zero-order valence-corrected chi connectivity index (χ0v) is 16.9. The van der Waals surface area contributed by atoms with Crippen LogP contribution in [-0.2, 0) is 30.4 Å². The van der Waals surface area contributed by atoms with Crippen molar-refractivity contribution in [3.8, 4) is 0 Å². The summed E-state index contributed by atoms with van der Waals surface area (Å²) in [6.07, 6.45) is 2.24. The fourth-order valence-corrected chi connectivity index (χ4v) is 2.83. The number of rotatable bonds is 9. The van der Waals surface area contributed by atoms with Gasteiger partial charge in [-0.2, -0.15) is 8.42 Å². The number of carbonyl (C=O) groups is 2. The molecule has 1 fully saturated rings. The van der Waals surface area contributed by atoms with E-state index in [2.05, 4.69) is 9.50 Å². The first-order valence-electron chi connectivity index (χ1n) is 8.78. The van der Waals surface area contributed by atoms with Gasteiger partial charge in [0.2, 0.25) is 0 Å². The SMILES string of the molecule is CC(C)(C)OC(=O)S(=O)(=O)OCNc1ccc(C(=O)O)cc1COCC1CC1. The Morgan fingerprint density at radius 1 is 1.25 bits per heavy atom. The molecule has 1 saturated carbocycles. The number of hydrogen-bond donors (Lipinski definition) is 2. The smallest absolute Gasteiger partial charge is 0.452 e. The van der Waals surface area contributed by atoms with Crippen LogP contribution in [0, 0.1) is 5.92 Å². The number of hydrogen-bond acceptors (Lipinski definition) is 8. The first-order valence-corrected chi connectivity index (χ1v) is 10.2. The lowest BCUT2D eigenvalue weighted by molar-refractivity contribution is 0.0685. The lowest BCUT2D eigenvalue weighted by Gasteiger charge is -2.19. The van der Waals surface area contributed by atoms with Gasteiger partial charge in [-0.25, -0.2) is 13.8 Å². The summed E-state index contributed by atoms with van der Waals surface area (Å²) in [6.45, 7) is 4.84. The third-order valence-corrected chi connectivity index (χ3v) is 4.65. The molecule has 0 amide bonds. The summed E-state index contributed by atoms with van der Waals surface area (Å²) in [5, 5.41) is 10.4. The maximum Gasteiger partial charge on any atom is 0.452 e. The Labute approximate surface area is 164 Å². The molecule has 2 rings (SSSR count). The lowest BCUT2D eigenvalue weighted by atomic mass is 10.1. The fourth-order valence-electron chi connectivity index (χ4n) is 2.17. The minimum absolute atomic E-state index is 0.0814. The second-order valence-corrected chi connectivity index (χ2v) is 8.97. The molecule has 0 aliphatic heterocycles. The van der Waals surface area contributed by atoms with Gasteiger partial charge in [0.25, 0.3) is 0 Å². The van der Waals surface area contributed by atoms with E-state index in [1.54, 1.807) is 0 Å². The van der Waals surface area contributed by atoms with Crippen molar-refractivity contribution in [2.45, 2.75) is 45.8 Å². The van der Waals surface area contributed by atoms with Crippen molar-refractivity contribution in [1.29, 1.82) is 0 Å². The summed E-state index contributed by atoms with van der Waals surface area (Å²) in [4.78, 5) is 22.8. The van der Waals surface area contributed by atoms with Crippen LogP contribution in [0.3, 0.4) is 0 Å². The monoisotopic (exact) mass is 415 g/mol. The minimum Gasteiger partial charge on any atom is -0.478 e. The molecule has 0 atom stereocenters. The summed E-state index contributed by atoms with van der Waals surface area (Å²) < 4.78 is 38.7. The van der Waals surface area contributed by atoms with E-state index in [4.69, 9.17) is 14.6 Å². The molecule has 1 aliphatic carbocycles. The van der Waals surface area contributed by atoms with Gasteiger partial charge in [0.15, 0.2) is 0 Å². The molecule has 9 nitrogen and oxygen atoms in total. The fraction of sp³-hybridized carbons (Fsp3) is 0.556. The van der Waals surface area contributed by atoms with Gasteiger partial charge in [0, 0.05) is 17.9 Å².